The van der Waals surface area contributed by atoms with Gasteiger partial charge in [0.05, 0.1) is 8.07 Å². The molecule has 0 aliphatic rings. The molecule has 0 aromatic heterocycles. The highest BCUT2D eigenvalue weighted by atomic mass is 28.3. The van der Waals surface area contributed by atoms with E-state index in [4.69, 9.17) is 5.73 Å². The van der Waals surface area contributed by atoms with E-state index in [1.165, 1.54) is 38.1 Å². The highest BCUT2D eigenvalue weighted by Crippen LogP contribution is 2.34. The summed E-state index contributed by atoms with van der Waals surface area (Å²) in [6, 6.07) is 1.42. The first-order valence-electron chi connectivity index (χ1n) is 6.28. The first-order chi connectivity index (χ1) is 6.58. The number of nitrogens with two attached hydrogens (primary N) is 1. The van der Waals surface area contributed by atoms with Crippen LogP contribution in [-0.4, -0.2) is 14.6 Å². The molecule has 0 unspecified atom stereocenters. The Hall–Kier alpha value is 0.177. The van der Waals surface area contributed by atoms with E-state index in [2.05, 4.69) is 26.9 Å². The maximum atomic E-state index is 5.61. The van der Waals surface area contributed by atoms with Crippen LogP contribution in [0.5, 0.6) is 0 Å². The van der Waals surface area contributed by atoms with Crippen molar-refractivity contribution >= 4 is 8.07 Å². The molecule has 0 heterocycles. The van der Waals surface area contributed by atoms with E-state index in [-0.39, 0.29) is 0 Å². The third-order valence-corrected chi connectivity index (χ3v) is 7.83. The van der Waals surface area contributed by atoms with Crippen LogP contribution in [0.1, 0.15) is 46.0 Å². The summed E-state index contributed by atoms with van der Waals surface area (Å²) in [6.45, 7) is 10.6. The van der Waals surface area contributed by atoms with Gasteiger partial charge in [-0.2, -0.15) is 0 Å². The lowest BCUT2D eigenvalue weighted by atomic mass is 10.1. The summed E-state index contributed by atoms with van der Waals surface area (Å²) >= 11 is 0. The molecule has 0 aromatic rings. The largest absolute Gasteiger partial charge is 0.330 e. The van der Waals surface area contributed by atoms with E-state index < -0.39 is 8.07 Å². The van der Waals surface area contributed by atoms with Gasteiger partial charge >= 0.3 is 0 Å². The Morgan fingerprint density at radius 3 is 1.93 bits per heavy atom. The summed E-state index contributed by atoms with van der Waals surface area (Å²) < 4.78 is 0. The minimum absolute atomic E-state index is 0.876. The first kappa shape index (κ1) is 14.2. The molecule has 0 spiro atoms. The molecule has 0 saturated heterocycles. The van der Waals surface area contributed by atoms with Crippen molar-refractivity contribution in [3.63, 3.8) is 0 Å². The van der Waals surface area contributed by atoms with Crippen LogP contribution in [0.2, 0.25) is 24.7 Å². The van der Waals surface area contributed by atoms with Gasteiger partial charge < -0.3 is 5.73 Å². The van der Waals surface area contributed by atoms with E-state index in [0.29, 0.717) is 0 Å². The summed E-state index contributed by atoms with van der Waals surface area (Å²) in [5.41, 5.74) is 6.64. The van der Waals surface area contributed by atoms with Crippen molar-refractivity contribution in [2.75, 3.05) is 6.54 Å². The Morgan fingerprint density at radius 1 is 1.07 bits per heavy atom. The van der Waals surface area contributed by atoms with E-state index in [0.717, 1.165) is 12.1 Å². The molecule has 0 rings (SSSR count). The van der Waals surface area contributed by atoms with Gasteiger partial charge in [0.1, 0.15) is 0 Å². The van der Waals surface area contributed by atoms with Gasteiger partial charge in [0, 0.05) is 0 Å². The second-order valence-corrected chi connectivity index (χ2v) is 10.4. The Labute approximate surface area is 91.5 Å². The summed E-state index contributed by atoms with van der Waals surface area (Å²) in [4.78, 5) is 0. The fourth-order valence-corrected chi connectivity index (χ4v) is 6.05. The number of hydrogen-bond donors (Lipinski definition) is 1. The molecule has 0 aromatic carbocycles. The van der Waals surface area contributed by atoms with Gasteiger partial charge in [-0.3, -0.25) is 0 Å². The van der Waals surface area contributed by atoms with Crippen molar-refractivity contribution in [3.8, 4) is 0 Å². The minimum Gasteiger partial charge on any atom is -0.330 e. The molecule has 0 amide bonds. The van der Waals surface area contributed by atoms with Gasteiger partial charge in [-0.1, -0.05) is 58.7 Å². The van der Waals surface area contributed by atoms with Crippen molar-refractivity contribution in [2.24, 2.45) is 5.73 Å². The summed E-state index contributed by atoms with van der Waals surface area (Å²) in [7, 11) is -0.976. The molecule has 2 N–H and O–H groups in total. The predicted octanol–water partition coefficient (Wildman–Crippen LogP) is 4.01. The molecule has 0 aliphatic carbocycles. The zero-order chi connectivity index (χ0) is 11.0. The Bertz CT molecular complexity index is 128. The summed E-state index contributed by atoms with van der Waals surface area (Å²) in [6.07, 6.45) is 6.83. The molecule has 0 aliphatic heterocycles. The average Bonchev–Trinajstić information content (AvgIpc) is 2.14. The molecule has 0 bridgehead atoms. The zero-order valence-electron chi connectivity index (χ0n) is 10.6. The fraction of sp³-hybridized carbons (Fsp3) is 1.00. The highest BCUT2D eigenvalue weighted by molar-refractivity contribution is 6.78. The maximum Gasteiger partial charge on any atom is 0.0505 e. The quantitative estimate of drug-likeness (QED) is 0.608. The Balaban J connectivity index is 4.13. The average molecular weight is 215 g/mol. The third-order valence-electron chi connectivity index (χ3n) is 3.40. The van der Waals surface area contributed by atoms with Crippen LogP contribution in [-0.2, 0) is 0 Å². The van der Waals surface area contributed by atoms with Gasteiger partial charge in [0.2, 0.25) is 0 Å². The van der Waals surface area contributed by atoms with E-state index in [1.807, 2.05) is 0 Å². The van der Waals surface area contributed by atoms with Gasteiger partial charge in [-0.25, -0.2) is 0 Å². The van der Waals surface area contributed by atoms with Crippen LogP contribution in [0.15, 0.2) is 0 Å². The SMILES string of the molecule is CCCC(CCC)[Si](C)(C)CCCN. The van der Waals surface area contributed by atoms with Crippen molar-refractivity contribution in [3.05, 3.63) is 0 Å². The molecule has 0 fully saturated rings. The lowest BCUT2D eigenvalue weighted by Gasteiger charge is -2.32. The van der Waals surface area contributed by atoms with Gasteiger partial charge in [0.25, 0.3) is 0 Å². The summed E-state index contributed by atoms with van der Waals surface area (Å²) in [5.74, 6) is 0. The van der Waals surface area contributed by atoms with Crippen molar-refractivity contribution in [1.82, 2.24) is 0 Å². The van der Waals surface area contributed by atoms with E-state index >= 15 is 0 Å². The zero-order valence-corrected chi connectivity index (χ0v) is 11.6. The molecule has 2 heteroatoms. The van der Waals surface area contributed by atoms with Gasteiger partial charge in [-0.15, -0.1) is 0 Å². The van der Waals surface area contributed by atoms with E-state index in [9.17, 15) is 0 Å². The standard InChI is InChI=1S/C12H29NSi/c1-5-8-12(9-6-2)14(3,4)11-7-10-13/h12H,5-11,13H2,1-4H3. The third kappa shape index (κ3) is 5.16. The number of hydrogen-bond acceptors (Lipinski definition) is 1. The van der Waals surface area contributed by atoms with Gasteiger partial charge in [-0.05, 0) is 18.5 Å². The Kier molecular flexibility index (Phi) is 7.56. The molecular weight excluding hydrogens is 186 g/mol. The van der Waals surface area contributed by atoms with E-state index in [1.54, 1.807) is 0 Å². The smallest absolute Gasteiger partial charge is 0.0505 e. The monoisotopic (exact) mass is 215 g/mol. The molecule has 0 saturated carbocycles. The molecule has 0 atom stereocenters. The topological polar surface area (TPSA) is 26.0 Å². The number of rotatable bonds is 8. The van der Waals surface area contributed by atoms with Gasteiger partial charge in [0.15, 0.2) is 0 Å². The van der Waals surface area contributed by atoms with Crippen LogP contribution < -0.4 is 5.73 Å². The molecule has 86 valence electrons. The minimum atomic E-state index is -0.976. The normalized spacial score (nSPS) is 12.4. The lowest BCUT2D eigenvalue weighted by molar-refractivity contribution is 0.628. The molecule has 0 radical (unpaired) electrons. The van der Waals surface area contributed by atoms with Crippen LogP contribution in [0, 0.1) is 0 Å². The van der Waals surface area contributed by atoms with Crippen molar-refractivity contribution < 1.29 is 0 Å². The lowest BCUT2D eigenvalue weighted by Crippen LogP contribution is -2.33. The van der Waals surface area contributed by atoms with Crippen LogP contribution in [0.3, 0.4) is 0 Å². The maximum absolute atomic E-state index is 5.61. The second kappa shape index (κ2) is 7.47. The molecule has 1 nitrogen and oxygen atoms in total. The molecule has 14 heavy (non-hydrogen) atoms. The predicted molar refractivity (Wildman–Crippen MR) is 69.5 cm³/mol. The van der Waals surface area contributed by atoms with Crippen molar-refractivity contribution in [1.29, 1.82) is 0 Å². The highest BCUT2D eigenvalue weighted by Gasteiger charge is 2.29. The first-order valence-corrected chi connectivity index (χ1v) is 9.57. The second-order valence-electron chi connectivity index (χ2n) is 5.16. The fourth-order valence-electron chi connectivity index (χ4n) is 2.38. The van der Waals surface area contributed by atoms with Crippen molar-refractivity contribution in [2.45, 2.75) is 70.6 Å². The summed E-state index contributed by atoms with van der Waals surface area (Å²) in [5, 5.41) is 0. The molecular formula is C12H29NSi. The Morgan fingerprint density at radius 2 is 1.57 bits per heavy atom. The van der Waals surface area contributed by atoms with Crippen LogP contribution in [0.25, 0.3) is 0 Å². The van der Waals surface area contributed by atoms with Crippen LogP contribution >= 0.6 is 0 Å². The van der Waals surface area contributed by atoms with Crippen LogP contribution in [0.4, 0.5) is 0 Å².